The summed E-state index contributed by atoms with van der Waals surface area (Å²) in [6.07, 6.45) is 1.69. The van der Waals surface area contributed by atoms with Gasteiger partial charge in [-0.05, 0) is 82.2 Å². The molecule has 0 aliphatic carbocycles. The summed E-state index contributed by atoms with van der Waals surface area (Å²) in [5.41, 5.74) is 8.17. The first-order valence-corrected chi connectivity index (χ1v) is 9.07. The standard InChI is InChI=1S/C20H32N2O3/c1-14-12-16(24-5)6-7-17(14)18(13-21)15-8-10-22(11-9-15)19(23)25-20(2,3)4/h6-7,12,15,18H,8-11,13,21H2,1-5H3. The van der Waals surface area contributed by atoms with Gasteiger partial charge in [0.2, 0.25) is 0 Å². The van der Waals surface area contributed by atoms with Crippen molar-refractivity contribution in [2.24, 2.45) is 11.7 Å². The van der Waals surface area contributed by atoms with E-state index >= 15 is 0 Å². The van der Waals surface area contributed by atoms with E-state index in [1.54, 1.807) is 7.11 Å². The third-order valence-corrected chi connectivity index (χ3v) is 4.89. The van der Waals surface area contributed by atoms with E-state index in [-0.39, 0.29) is 6.09 Å². The average Bonchev–Trinajstić information content (AvgIpc) is 2.56. The monoisotopic (exact) mass is 348 g/mol. The minimum atomic E-state index is -0.450. The van der Waals surface area contributed by atoms with E-state index in [1.807, 2.05) is 31.7 Å². The van der Waals surface area contributed by atoms with Crippen LogP contribution in [0.5, 0.6) is 5.75 Å². The number of aryl methyl sites for hydroxylation is 1. The number of hydrogen-bond donors (Lipinski definition) is 1. The van der Waals surface area contributed by atoms with Crippen molar-refractivity contribution >= 4 is 6.09 Å². The fourth-order valence-electron chi connectivity index (χ4n) is 3.58. The van der Waals surface area contributed by atoms with Gasteiger partial charge in [-0.15, -0.1) is 0 Å². The van der Waals surface area contributed by atoms with Crippen molar-refractivity contribution in [1.29, 1.82) is 0 Å². The highest BCUT2D eigenvalue weighted by Crippen LogP contribution is 2.35. The molecule has 1 aliphatic heterocycles. The number of amides is 1. The first kappa shape index (κ1) is 19.6. The van der Waals surface area contributed by atoms with Crippen LogP contribution >= 0.6 is 0 Å². The van der Waals surface area contributed by atoms with E-state index in [4.69, 9.17) is 15.2 Å². The quantitative estimate of drug-likeness (QED) is 0.901. The predicted octanol–water partition coefficient (Wildman–Crippen LogP) is 3.69. The number of ether oxygens (including phenoxy) is 2. The van der Waals surface area contributed by atoms with E-state index in [2.05, 4.69) is 19.1 Å². The molecule has 0 bridgehead atoms. The second-order valence-corrected chi connectivity index (χ2v) is 7.87. The van der Waals surface area contributed by atoms with Crippen LogP contribution in [0.1, 0.15) is 50.7 Å². The van der Waals surface area contributed by atoms with Gasteiger partial charge in [0.1, 0.15) is 11.4 Å². The van der Waals surface area contributed by atoms with Crippen LogP contribution in [0.15, 0.2) is 18.2 Å². The highest BCUT2D eigenvalue weighted by molar-refractivity contribution is 5.68. The summed E-state index contributed by atoms with van der Waals surface area (Å²) in [5.74, 6) is 1.67. The van der Waals surface area contributed by atoms with Gasteiger partial charge in [0.05, 0.1) is 7.11 Å². The number of benzene rings is 1. The van der Waals surface area contributed by atoms with Gasteiger partial charge in [0.25, 0.3) is 0 Å². The van der Waals surface area contributed by atoms with E-state index in [1.165, 1.54) is 11.1 Å². The molecule has 0 radical (unpaired) electrons. The molecule has 1 aromatic rings. The summed E-state index contributed by atoms with van der Waals surface area (Å²) in [4.78, 5) is 14.0. The molecule has 2 N–H and O–H groups in total. The first-order chi connectivity index (χ1) is 11.7. The molecule has 1 heterocycles. The molecule has 140 valence electrons. The topological polar surface area (TPSA) is 64.8 Å². The normalized spacial score (nSPS) is 17.3. The molecule has 1 fully saturated rings. The Hall–Kier alpha value is -1.75. The number of carbonyl (C=O) groups is 1. The van der Waals surface area contributed by atoms with Gasteiger partial charge in [-0.3, -0.25) is 0 Å². The van der Waals surface area contributed by atoms with Gasteiger partial charge in [0, 0.05) is 13.1 Å². The lowest BCUT2D eigenvalue weighted by molar-refractivity contribution is 0.0175. The summed E-state index contributed by atoms with van der Waals surface area (Å²) in [7, 11) is 1.68. The van der Waals surface area contributed by atoms with Crippen LogP contribution in [0.25, 0.3) is 0 Å². The number of hydrogen-bond acceptors (Lipinski definition) is 4. The van der Waals surface area contributed by atoms with Crippen molar-refractivity contribution in [1.82, 2.24) is 4.90 Å². The Labute approximate surface area is 151 Å². The predicted molar refractivity (Wildman–Crippen MR) is 100 cm³/mol. The van der Waals surface area contributed by atoms with Crippen molar-refractivity contribution in [3.63, 3.8) is 0 Å². The van der Waals surface area contributed by atoms with Crippen LogP contribution in [0, 0.1) is 12.8 Å². The molecule has 0 spiro atoms. The van der Waals surface area contributed by atoms with Crippen LogP contribution in [0.2, 0.25) is 0 Å². The molecule has 1 saturated heterocycles. The summed E-state index contributed by atoms with van der Waals surface area (Å²) in [6.45, 7) is 9.87. The molecular formula is C20H32N2O3. The van der Waals surface area contributed by atoms with Crippen molar-refractivity contribution in [3.05, 3.63) is 29.3 Å². The van der Waals surface area contributed by atoms with E-state index in [0.717, 1.165) is 31.7 Å². The maximum atomic E-state index is 12.2. The summed E-state index contributed by atoms with van der Waals surface area (Å²) in [5, 5.41) is 0. The summed E-state index contributed by atoms with van der Waals surface area (Å²) in [6, 6.07) is 6.20. The molecule has 1 aliphatic rings. The van der Waals surface area contributed by atoms with Gasteiger partial charge in [-0.2, -0.15) is 0 Å². The number of nitrogens with two attached hydrogens (primary N) is 1. The Kier molecular flexibility index (Phi) is 6.33. The van der Waals surface area contributed by atoms with Crippen molar-refractivity contribution in [3.8, 4) is 5.75 Å². The number of likely N-dealkylation sites (tertiary alicyclic amines) is 1. The zero-order valence-corrected chi connectivity index (χ0v) is 16.2. The lowest BCUT2D eigenvalue weighted by Gasteiger charge is -2.37. The molecule has 2 rings (SSSR count). The maximum absolute atomic E-state index is 12.2. The number of methoxy groups -OCH3 is 1. The van der Waals surface area contributed by atoms with Crippen LogP contribution in [-0.2, 0) is 4.74 Å². The maximum Gasteiger partial charge on any atom is 0.410 e. The van der Waals surface area contributed by atoms with Gasteiger partial charge < -0.3 is 20.1 Å². The number of piperidine rings is 1. The zero-order valence-electron chi connectivity index (χ0n) is 16.2. The van der Waals surface area contributed by atoms with E-state index in [0.29, 0.717) is 18.4 Å². The third-order valence-electron chi connectivity index (χ3n) is 4.89. The van der Waals surface area contributed by atoms with Gasteiger partial charge in [0.15, 0.2) is 0 Å². The van der Waals surface area contributed by atoms with Crippen molar-refractivity contribution < 1.29 is 14.3 Å². The Balaban J connectivity index is 2.01. The Morgan fingerprint density at radius 3 is 2.44 bits per heavy atom. The van der Waals surface area contributed by atoms with Gasteiger partial charge in [-0.25, -0.2) is 4.79 Å². The zero-order chi connectivity index (χ0) is 18.6. The average molecular weight is 348 g/mol. The smallest absolute Gasteiger partial charge is 0.410 e. The fraction of sp³-hybridized carbons (Fsp3) is 0.650. The van der Waals surface area contributed by atoms with Gasteiger partial charge >= 0.3 is 6.09 Å². The van der Waals surface area contributed by atoms with Crippen molar-refractivity contribution in [2.75, 3.05) is 26.7 Å². The third kappa shape index (κ3) is 5.11. The second kappa shape index (κ2) is 8.09. The van der Waals surface area contributed by atoms with Crippen LogP contribution in [-0.4, -0.2) is 43.3 Å². The molecule has 5 nitrogen and oxygen atoms in total. The second-order valence-electron chi connectivity index (χ2n) is 7.87. The lowest BCUT2D eigenvalue weighted by Crippen LogP contribution is -2.43. The lowest BCUT2D eigenvalue weighted by atomic mass is 9.78. The Morgan fingerprint density at radius 2 is 1.96 bits per heavy atom. The number of nitrogens with zero attached hydrogens (tertiary/aromatic N) is 1. The summed E-state index contributed by atoms with van der Waals surface area (Å²) < 4.78 is 10.8. The van der Waals surface area contributed by atoms with E-state index < -0.39 is 5.60 Å². The number of rotatable bonds is 4. The Bertz CT molecular complexity index is 587. The largest absolute Gasteiger partial charge is 0.497 e. The minimum absolute atomic E-state index is 0.212. The molecular weight excluding hydrogens is 316 g/mol. The van der Waals surface area contributed by atoms with Crippen LogP contribution in [0.3, 0.4) is 0 Å². The first-order valence-electron chi connectivity index (χ1n) is 9.07. The highest BCUT2D eigenvalue weighted by Gasteiger charge is 2.31. The molecule has 0 aromatic heterocycles. The minimum Gasteiger partial charge on any atom is -0.497 e. The van der Waals surface area contributed by atoms with Crippen LogP contribution in [0.4, 0.5) is 4.79 Å². The molecule has 25 heavy (non-hydrogen) atoms. The van der Waals surface area contributed by atoms with Gasteiger partial charge in [-0.1, -0.05) is 6.07 Å². The summed E-state index contributed by atoms with van der Waals surface area (Å²) >= 11 is 0. The molecule has 0 saturated carbocycles. The SMILES string of the molecule is COc1ccc(C(CN)C2CCN(C(=O)OC(C)(C)C)CC2)c(C)c1. The molecule has 1 amide bonds. The fourth-order valence-corrected chi connectivity index (χ4v) is 3.58. The van der Waals surface area contributed by atoms with Crippen LogP contribution < -0.4 is 10.5 Å². The number of carbonyl (C=O) groups excluding carboxylic acids is 1. The molecule has 5 heteroatoms. The molecule has 1 unspecified atom stereocenters. The highest BCUT2D eigenvalue weighted by atomic mass is 16.6. The van der Waals surface area contributed by atoms with Crippen molar-refractivity contribution in [2.45, 2.75) is 52.1 Å². The molecule has 1 atom stereocenters. The van der Waals surface area contributed by atoms with E-state index in [9.17, 15) is 4.79 Å². The molecule has 1 aromatic carbocycles. The Morgan fingerprint density at radius 1 is 1.32 bits per heavy atom.